The lowest BCUT2D eigenvalue weighted by Gasteiger charge is -2.29. The van der Waals surface area contributed by atoms with Gasteiger partial charge in [0.05, 0.1) is 5.56 Å². The molecule has 1 fully saturated rings. The van der Waals surface area contributed by atoms with E-state index in [2.05, 4.69) is 20.6 Å². The highest BCUT2D eigenvalue weighted by atomic mass is 16.2. The Morgan fingerprint density at radius 1 is 1.31 bits per heavy atom. The predicted octanol–water partition coefficient (Wildman–Crippen LogP) is 0.277. The van der Waals surface area contributed by atoms with Crippen LogP contribution in [-0.4, -0.2) is 74.0 Å². The van der Waals surface area contributed by atoms with Crippen LogP contribution in [0, 0.1) is 0 Å². The molecule has 3 rings (SSSR count). The smallest absolute Gasteiger partial charge is 0.255 e. The highest BCUT2D eigenvalue weighted by Crippen LogP contribution is 2.26. The van der Waals surface area contributed by atoms with Crippen LogP contribution in [0.2, 0.25) is 0 Å². The minimum atomic E-state index is -0.546. The molecule has 2 amide bonds. The van der Waals surface area contributed by atoms with Gasteiger partial charge in [0.1, 0.15) is 6.04 Å². The number of likely N-dealkylation sites (N-methyl/N-ethyl adjacent to an activating group) is 1. The largest absolute Gasteiger partial charge is 0.341 e. The number of likely N-dealkylation sites (tertiary alicyclic amines) is 1. The third-order valence-electron chi connectivity index (χ3n) is 4.70. The standard InChI is InChI=1S/C17H23N7O2/c1-3-23(4-2)17(26)14-9-11(18)10-24(14)16(25)13-8-6-5-7-12(13)15-19-21-22-20-15/h5-8,11,14H,3-4,9-10,18H2,1-2H3,(H,19,20,21,22)/t11-,14-/m0/s1. The fourth-order valence-electron chi connectivity index (χ4n) is 3.37. The molecule has 1 aliphatic heterocycles. The normalized spacial score (nSPS) is 19.6. The molecule has 2 atom stereocenters. The summed E-state index contributed by atoms with van der Waals surface area (Å²) in [6, 6.07) is 6.27. The van der Waals surface area contributed by atoms with E-state index in [1.54, 1.807) is 34.1 Å². The summed E-state index contributed by atoms with van der Waals surface area (Å²) in [5.41, 5.74) is 7.08. The SMILES string of the molecule is CCN(CC)C(=O)[C@@H]1C[C@H](N)CN1C(=O)c1ccccc1-c1nn[nH]n1. The van der Waals surface area contributed by atoms with Gasteiger partial charge in [0.2, 0.25) is 11.7 Å². The molecule has 0 unspecified atom stereocenters. The van der Waals surface area contributed by atoms with E-state index in [0.29, 0.717) is 43.0 Å². The first-order valence-electron chi connectivity index (χ1n) is 8.75. The maximum Gasteiger partial charge on any atom is 0.255 e. The minimum absolute atomic E-state index is 0.0617. The second-order valence-electron chi connectivity index (χ2n) is 6.26. The van der Waals surface area contributed by atoms with Crippen molar-refractivity contribution in [2.75, 3.05) is 19.6 Å². The highest BCUT2D eigenvalue weighted by molar-refractivity contribution is 6.02. The molecule has 3 N–H and O–H groups in total. The number of benzene rings is 1. The zero-order chi connectivity index (χ0) is 18.7. The van der Waals surface area contributed by atoms with Gasteiger partial charge in [-0.3, -0.25) is 9.59 Å². The van der Waals surface area contributed by atoms with Crippen LogP contribution in [0.4, 0.5) is 0 Å². The Morgan fingerprint density at radius 2 is 2.04 bits per heavy atom. The lowest BCUT2D eigenvalue weighted by molar-refractivity contribution is -0.134. The topological polar surface area (TPSA) is 121 Å². The maximum atomic E-state index is 13.2. The van der Waals surface area contributed by atoms with Crippen molar-refractivity contribution in [3.05, 3.63) is 29.8 Å². The van der Waals surface area contributed by atoms with Crippen molar-refractivity contribution in [1.29, 1.82) is 0 Å². The van der Waals surface area contributed by atoms with Crippen LogP contribution in [0.1, 0.15) is 30.6 Å². The summed E-state index contributed by atoms with van der Waals surface area (Å²) in [5, 5.41) is 13.9. The monoisotopic (exact) mass is 357 g/mol. The summed E-state index contributed by atoms with van der Waals surface area (Å²) >= 11 is 0. The highest BCUT2D eigenvalue weighted by Gasteiger charge is 2.40. The first kappa shape index (κ1) is 18.0. The number of hydrogen-bond donors (Lipinski definition) is 2. The van der Waals surface area contributed by atoms with Crippen molar-refractivity contribution >= 4 is 11.8 Å². The second kappa shape index (κ2) is 7.61. The van der Waals surface area contributed by atoms with Gasteiger partial charge in [-0.25, -0.2) is 0 Å². The number of H-pyrrole nitrogens is 1. The van der Waals surface area contributed by atoms with Crippen molar-refractivity contribution in [2.24, 2.45) is 5.73 Å². The lowest BCUT2D eigenvalue weighted by atomic mass is 10.0. The molecular formula is C17H23N7O2. The van der Waals surface area contributed by atoms with E-state index in [0.717, 1.165) is 0 Å². The molecule has 138 valence electrons. The number of carbonyl (C=O) groups is 2. The third kappa shape index (κ3) is 3.30. The summed E-state index contributed by atoms with van der Waals surface area (Å²) in [6.45, 7) is 5.39. The average molecular weight is 357 g/mol. The van der Waals surface area contributed by atoms with Crippen molar-refractivity contribution in [3.8, 4) is 11.4 Å². The van der Waals surface area contributed by atoms with Gasteiger partial charge in [-0.1, -0.05) is 18.2 Å². The minimum Gasteiger partial charge on any atom is -0.341 e. The van der Waals surface area contributed by atoms with Crippen molar-refractivity contribution in [1.82, 2.24) is 30.4 Å². The molecule has 1 aliphatic rings. The summed E-state index contributed by atoms with van der Waals surface area (Å²) in [7, 11) is 0. The maximum absolute atomic E-state index is 13.2. The van der Waals surface area contributed by atoms with Gasteiger partial charge < -0.3 is 15.5 Å². The first-order valence-corrected chi connectivity index (χ1v) is 8.75. The Bertz CT molecular complexity index is 773. The van der Waals surface area contributed by atoms with E-state index in [-0.39, 0.29) is 17.9 Å². The number of nitrogens with two attached hydrogens (primary N) is 1. The van der Waals surface area contributed by atoms with Crippen LogP contribution in [0.15, 0.2) is 24.3 Å². The molecule has 9 heteroatoms. The number of nitrogens with one attached hydrogen (secondary N) is 1. The van der Waals surface area contributed by atoms with E-state index in [1.807, 2.05) is 13.8 Å². The van der Waals surface area contributed by atoms with Crippen LogP contribution >= 0.6 is 0 Å². The Morgan fingerprint density at radius 3 is 2.69 bits per heavy atom. The molecule has 0 saturated carbocycles. The van der Waals surface area contributed by atoms with Crippen molar-refractivity contribution in [3.63, 3.8) is 0 Å². The Kier molecular flexibility index (Phi) is 5.27. The number of nitrogens with zero attached hydrogens (tertiary/aromatic N) is 5. The number of tetrazole rings is 1. The van der Waals surface area contributed by atoms with E-state index in [9.17, 15) is 9.59 Å². The van der Waals surface area contributed by atoms with Crippen LogP contribution in [0.3, 0.4) is 0 Å². The molecule has 0 aliphatic carbocycles. The average Bonchev–Trinajstić information content (AvgIpc) is 3.31. The lowest BCUT2D eigenvalue weighted by Crippen LogP contribution is -2.47. The third-order valence-corrected chi connectivity index (χ3v) is 4.70. The molecule has 1 aromatic carbocycles. The van der Waals surface area contributed by atoms with Crippen molar-refractivity contribution in [2.45, 2.75) is 32.4 Å². The van der Waals surface area contributed by atoms with Crippen LogP contribution < -0.4 is 5.73 Å². The van der Waals surface area contributed by atoms with Gasteiger partial charge in [-0.15, -0.1) is 10.2 Å². The zero-order valence-corrected chi connectivity index (χ0v) is 14.9. The van der Waals surface area contributed by atoms with Crippen molar-refractivity contribution < 1.29 is 9.59 Å². The molecule has 0 bridgehead atoms. The quantitative estimate of drug-likeness (QED) is 0.793. The number of aromatic nitrogens is 4. The first-order chi connectivity index (χ1) is 12.6. The van der Waals surface area contributed by atoms with Gasteiger partial charge in [0.15, 0.2) is 0 Å². The Labute approximate surface area is 151 Å². The second-order valence-corrected chi connectivity index (χ2v) is 6.26. The molecule has 2 heterocycles. The van der Waals surface area contributed by atoms with Crippen LogP contribution in [0.5, 0.6) is 0 Å². The number of hydrogen-bond acceptors (Lipinski definition) is 6. The fourth-order valence-corrected chi connectivity index (χ4v) is 3.37. The summed E-state index contributed by atoms with van der Waals surface area (Å²) < 4.78 is 0. The molecular weight excluding hydrogens is 334 g/mol. The number of aromatic amines is 1. The van der Waals surface area contributed by atoms with E-state index >= 15 is 0 Å². The summed E-state index contributed by atoms with van der Waals surface area (Å²) in [4.78, 5) is 29.4. The van der Waals surface area contributed by atoms with Gasteiger partial charge >= 0.3 is 0 Å². The van der Waals surface area contributed by atoms with Gasteiger partial charge in [-0.2, -0.15) is 5.21 Å². The number of carbonyl (C=O) groups excluding carboxylic acids is 2. The molecule has 0 spiro atoms. The van der Waals surface area contributed by atoms with Gasteiger partial charge in [0.25, 0.3) is 5.91 Å². The van der Waals surface area contributed by atoms with Gasteiger partial charge in [-0.05, 0) is 31.5 Å². The number of rotatable bonds is 5. The molecule has 0 radical (unpaired) electrons. The Balaban J connectivity index is 1.93. The van der Waals surface area contributed by atoms with Gasteiger partial charge in [0, 0.05) is 31.2 Å². The molecule has 26 heavy (non-hydrogen) atoms. The van der Waals surface area contributed by atoms with Crippen LogP contribution in [-0.2, 0) is 4.79 Å². The number of amides is 2. The zero-order valence-electron chi connectivity index (χ0n) is 14.9. The molecule has 1 aromatic heterocycles. The fraction of sp³-hybridized carbons (Fsp3) is 0.471. The molecule has 9 nitrogen and oxygen atoms in total. The summed E-state index contributed by atoms with van der Waals surface area (Å²) in [5.74, 6) is 0.0289. The predicted molar refractivity (Wildman–Crippen MR) is 95.0 cm³/mol. The van der Waals surface area contributed by atoms with E-state index in [4.69, 9.17) is 5.73 Å². The van der Waals surface area contributed by atoms with Crippen LogP contribution in [0.25, 0.3) is 11.4 Å². The van der Waals surface area contributed by atoms with E-state index < -0.39 is 6.04 Å². The summed E-state index contributed by atoms with van der Waals surface area (Å²) in [6.07, 6.45) is 0.464. The molecule has 1 saturated heterocycles. The Hall–Kier alpha value is -2.81. The molecule has 2 aromatic rings. The van der Waals surface area contributed by atoms with E-state index in [1.165, 1.54) is 0 Å².